The van der Waals surface area contributed by atoms with Gasteiger partial charge in [0.15, 0.2) is 0 Å². The Morgan fingerprint density at radius 2 is 1.71 bits per heavy atom. The Hall–Kier alpha value is -3.15. The summed E-state index contributed by atoms with van der Waals surface area (Å²) in [4.78, 5) is 38.6. The number of nitrogens with zero attached hydrogens (tertiary/aromatic N) is 1. The molecule has 3 amide bonds. The molecule has 2 N–H and O–H groups in total. The highest BCUT2D eigenvalue weighted by Crippen LogP contribution is 2.24. The van der Waals surface area contributed by atoms with Crippen LogP contribution in [0.3, 0.4) is 0 Å². The van der Waals surface area contributed by atoms with Gasteiger partial charge in [-0.25, -0.2) is 0 Å². The van der Waals surface area contributed by atoms with E-state index in [2.05, 4.69) is 10.6 Å². The maximum Gasteiger partial charge on any atom is 0.242 e. The number of nitrogens with one attached hydrogen (secondary N) is 2. The van der Waals surface area contributed by atoms with Gasteiger partial charge in [0.25, 0.3) is 0 Å². The molecule has 1 saturated heterocycles. The fourth-order valence-electron chi connectivity index (χ4n) is 3.27. The van der Waals surface area contributed by atoms with Crippen molar-refractivity contribution in [2.75, 3.05) is 18.0 Å². The van der Waals surface area contributed by atoms with Crippen molar-refractivity contribution in [2.45, 2.75) is 25.8 Å². The number of benzene rings is 2. The number of carbonyl (C=O) groups is 3. The highest BCUT2D eigenvalue weighted by molar-refractivity contribution is 6.01. The minimum absolute atomic E-state index is 0.0775. The average molecular weight is 379 g/mol. The van der Waals surface area contributed by atoms with Crippen LogP contribution < -0.4 is 15.5 Å². The molecule has 3 rings (SSSR count). The van der Waals surface area contributed by atoms with E-state index >= 15 is 0 Å². The topological polar surface area (TPSA) is 78.5 Å². The highest BCUT2D eigenvalue weighted by atomic mass is 16.2. The van der Waals surface area contributed by atoms with E-state index in [0.29, 0.717) is 13.1 Å². The predicted molar refractivity (Wildman–Crippen MR) is 108 cm³/mol. The van der Waals surface area contributed by atoms with E-state index in [4.69, 9.17) is 0 Å². The van der Waals surface area contributed by atoms with E-state index in [-0.39, 0.29) is 24.1 Å². The van der Waals surface area contributed by atoms with Gasteiger partial charge in [-0.2, -0.15) is 0 Å². The second kappa shape index (κ2) is 9.17. The van der Waals surface area contributed by atoms with E-state index in [9.17, 15) is 14.4 Å². The van der Waals surface area contributed by atoms with Crippen molar-refractivity contribution in [1.82, 2.24) is 10.6 Å². The van der Waals surface area contributed by atoms with E-state index in [1.165, 1.54) is 0 Å². The molecule has 2 atom stereocenters. The smallest absolute Gasteiger partial charge is 0.242 e. The lowest BCUT2D eigenvalue weighted by molar-refractivity contribution is -0.130. The Labute approximate surface area is 164 Å². The van der Waals surface area contributed by atoms with Gasteiger partial charge in [-0.05, 0) is 31.0 Å². The maximum absolute atomic E-state index is 12.5. The van der Waals surface area contributed by atoms with Crippen molar-refractivity contribution in [3.8, 4) is 0 Å². The van der Waals surface area contributed by atoms with Crippen LogP contribution >= 0.6 is 0 Å². The molecule has 1 aliphatic heterocycles. The fourth-order valence-corrected chi connectivity index (χ4v) is 3.27. The van der Waals surface area contributed by atoms with Crippen LogP contribution in [-0.2, 0) is 20.8 Å². The number of para-hydroxylation sites is 1. The van der Waals surface area contributed by atoms with Crippen LogP contribution in [0.1, 0.15) is 18.9 Å². The summed E-state index contributed by atoms with van der Waals surface area (Å²) in [7, 11) is 0. The summed E-state index contributed by atoms with van der Waals surface area (Å²) in [6, 6.07) is 18.5. The number of rotatable bonds is 7. The third-order valence-electron chi connectivity index (χ3n) is 4.87. The molecular weight excluding hydrogens is 354 g/mol. The summed E-state index contributed by atoms with van der Waals surface area (Å²) in [5, 5.41) is 5.57. The molecule has 6 heteroatoms. The summed E-state index contributed by atoms with van der Waals surface area (Å²) in [6.07, 6.45) is 0.888. The Morgan fingerprint density at radius 1 is 1.07 bits per heavy atom. The minimum Gasteiger partial charge on any atom is -0.354 e. The molecule has 0 spiro atoms. The van der Waals surface area contributed by atoms with E-state index in [0.717, 1.165) is 17.7 Å². The molecule has 28 heavy (non-hydrogen) atoms. The minimum atomic E-state index is -0.649. The quantitative estimate of drug-likeness (QED) is 0.771. The predicted octanol–water partition coefficient (Wildman–Crippen LogP) is 1.90. The van der Waals surface area contributed by atoms with Crippen molar-refractivity contribution in [2.24, 2.45) is 5.92 Å². The lowest BCUT2D eigenvalue weighted by Gasteiger charge is -2.18. The van der Waals surface area contributed by atoms with Gasteiger partial charge >= 0.3 is 0 Å². The van der Waals surface area contributed by atoms with Crippen LogP contribution in [-0.4, -0.2) is 36.9 Å². The van der Waals surface area contributed by atoms with E-state index < -0.39 is 12.0 Å². The number of carbonyl (C=O) groups excluding carboxylic acids is 3. The zero-order valence-corrected chi connectivity index (χ0v) is 15.9. The van der Waals surface area contributed by atoms with Crippen LogP contribution in [0.2, 0.25) is 0 Å². The summed E-state index contributed by atoms with van der Waals surface area (Å²) in [5.41, 5.74) is 1.93. The first kappa shape index (κ1) is 19.6. The summed E-state index contributed by atoms with van der Waals surface area (Å²) >= 11 is 0. The molecule has 6 nitrogen and oxygen atoms in total. The van der Waals surface area contributed by atoms with Crippen LogP contribution in [0.5, 0.6) is 0 Å². The number of hydrogen-bond donors (Lipinski definition) is 2. The first-order valence-corrected chi connectivity index (χ1v) is 9.52. The fraction of sp³-hybridized carbons (Fsp3) is 0.318. The zero-order chi connectivity index (χ0) is 19.9. The normalized spacial score (nSPS) is 17.2. The molecule has 1 aliphatic rings. The molecule has 0 unspecified atom stereocenters. The molecule has 0 saturated carbocycles. The molecule has 0 bridgehead atoms. The second-order valence-corrected chi connectivity index (χ2v) is 7.00. The van der Waals surface area contributed by atoms with Crippen LogP contribution in [0.15, 0.2) is 60.7 Å². The van der Waals surface area contributed by atoms with Gasteiger partial charge in [0.2, 0.25) is 17.7 Å². The van der Waals surface area contributed by atoms with Gasteiger partial charge in [0, 0.05) is 25.2 Å². The maximum atomic E-state index is 12.5. The standard InChI is InChI=1S/C22H25N3O3/c1-16(21(27)23-13-12-17-8-4-2-5-9-17)24-22(28)18-14-20(26)25(15-18)19-10-6-3-7-11-19/h2-11,16,18H,12-15H2,1H3,(H,23,27)(H,24,28)/t16-,18+/m0/s1. The molecule has 2 aromatic rings. The lowest BCUT2D eigenvalue weighted by Crippen LogP contribution is -2.47. The largest absolute Gasteiger partial charge is 0.354 e. The SMILES string of the molecule is C[C@H](NC(=O)[C@@H]1CC(=O)N(c2ccccc2)C1)C(=O)NCCc1ccccc1. The van der Waals surface area contributed by atoms with E-state index in [1.54, 1.807) is 11.8 Å². The van der Waals surface area contributed by atoms with Gasteiger partial charge in [-0.15, -0.1) is 0 Å². The Balaban J connectivity index is 1.46. The first-order chi connectivity index (χ1) is 13.5. The third-order valence-corrected chi connectivity index (χ3v) is 4.87. The Bertz CT molecular complexity index is 823. The second-order valence-electron chi connectivity index (χ2n) is 7.00. The highest BCUT2D eigenvalue weighted by Gasteiger charge is 2.35. The van der Waals surface area contributed by atoms with Gasteiger partial charge in [-0.1, -0.05) is 48.5 Å². The molecule has 1 heterocycles. The molecule has 0 aromatic heterocycles. The summed E-state index contributed by atoms with van der Waals surface area (Å²) in [5.74, 6) is -1.02. The molecule has 0 aliphatic carbocycles. The molecule has 2 aromatic carbocycles. The van der Waals surface area contributed by atoms with Crippen molar-refractivity contribution in [1.29, 1.82) is 0 Å². The Kier molecular flexibility index (Phi) is 6.42. The van der Waals surface area contributed by atoms with Crippen LogP contribution in [0.4, 0.5) is 5.69 Å². The summed E-state index contributed by atoms with van der Waals surface area (Å²) in [6.45, 7) is 2.49. The summed E-state index contributed by atoms with van der Waals surface area (Å²) < 4.78 is 0. The van der Waals surface area contributed by atoms with Crippen LogP contribution in [0, 0.1) is 5.92 Å². The molecule has 0 radical (unpaired) electrons. The molecule has 146 valence electrons. The lowest BCUT2D eigenvalue weighted by atomic mass is 10.1. The number of hydrogen-bond acceptors (Lipinski definition) is 3. The zero-order valence-electron chi connectivity index (χ0n) is 15.9. The average Bonchev–Trinajstić information content (AvgIpc) is 3.11. The monoisotopic (exact) mass is 379 g/mol. The van der Waals surface area contributed by atoms with Gasteiger partial charge in [0.05, 0.1) is 5.92 Å². The Morgan fingerprint density at radius 3 is 2.39 bits per heavy atom. The van der Waals surface area contributed by atoms with Crippen molar-refractivity contribution >= 4 is 23.4 Å². The van der Waals surface area contributed by atoms with E-state index in [1.807, 2.05) is 60.7 Å². The van der Waals surface area contributed by atoms with Gasteiger partial charge < -0.3 is 15.5 Å². The molecular formula is C22H25N3O3. The van der Waals surface area contributed by atoms with Crippen molar-refractivity contribution in [3.05, 3.63) is 66.2 Å². The molecule has 1 fully saturated rings. The third kappa shape index (κ3) is 4.97. The van der Waals surface area contributed by atoms with Gasteiger partial charge in [-0.3, -0.25) is 14.4 Å². The van der Waals surface area contributed by atoms with Gasteiger partial charge in [0.1, 0.15) is 6.04 Å². The van der Waals surface area contributed by atoms with Crippen LogP contribution in [0.25, 0.3) is 0 Å². The first-order valence-electron chi connectivity index (χ1n) is 9.52. The number of anilines is 1. The van der Waals surface area contributed by atoms with Crippen molar-refractivity contribution < 1.29 is 14.4 Å². The number of amides is 3. The van der Waals surface area contributed by atoms with Crippen molar-refractivity contribution in [3.63, 3.8) is 0 Å².